The van der Waals surface area contributed by atoms with E-state index in [1.165, 1.54) is 12.8 Å². The van der Waals surface area contributed by atoms with Crippen molar-refractivity contribution in [2.75, 3.05) is 25.0 Å². The summed E-state index contributed by atoms with van der Waals surface area (Å²) in [5.41, 5.74) is 2.08. The molecular weight excluding hydrogens is 250 g/mol. The van der Waals surface area contributed by atoms with Gasteiger partial charge in [-0.25, -0.2) is 0 Å². The van der Waals surface area contributed by atoms with Crippen molar-refractivity contribution in [2.24, 2.45) is 7.05 Å². The number of nitrogens with one attached hydrogen (secondary N) is 1. The highest BCUT2D eigenvalue weighted by Crippen LogP contribution is 2.26. The predicted octanol–water partition coefficient (Wildman–Crippen LogP) is 1.73. The van der Waals surface area contributed by atoms with Gasteiger partial charge in [0.1, 0.15) is 0 Å². The maximum Gasteiger partial charge on any atom is 0.252 e. The van der Waals surface area contributed by atoms with Gasteiger partial charge in [-0.3, -0.25) is 4.79 Å². The quantitative estimate of drug-likeness (QED) is 0.904. The van der Waals surface area contributed by atoms with Crippen molar-refractivity contribution in [1.82, 2.24) is 9.88 Å². The molecule has 0 aliphatic carbocycles. The Morgan fingerprint density at radius 1 is 1.35 bits per heavy atom. The van der Waals surface area contributed by atoms with Crippen LogP contribution in [0.1, 0.15) is 12.8 Å². The predicted molar refractivity (Wildman–Crippen MR) is 83.5 cm³/mol. The number of para-hydroxylation sites is 1. The standard InChI is InChI=1S/C16H21N3O/c1-18(12-6-5-9-17-11-12)15-10-16(20)19(2)14-8-4-3-7-13(14)15/h3-4,7-8,10,12,17H,5-6,9,11H2,1-2H3. The molecule has 2 aromatic rings. The van der Waals surface area contributed by atoms with E-state index in [9.17, 15) is 4.79 Å². The molecule has 1 saturated heterocycles. The molecule has 0 radical (unpaired) electrons. The molecule has 3 rings (SSSR count). The van der Waals surface area contributed by atoms with Crippen LogP contribution in [0.15, 0.2) is 35.1 Å². The van der Waals surface area contributed by atoms with E-state index < -0.39 is 0 Å². The van der Waals surface area contributed by atoms with Crippen molar-refractivity contribution in [3.63, 3.8) is 0 Å². The third kappa shape index (κ3) is 2.20. The maximum absolute atomic E-state index is 12.2. The fraction of sp³-hybridized carbons (Fsp3) is 0.438. The van der Waals surface area contributed by atoms with Gasteiger partial charge in [0.15, 0.2) is 0 Å². The van der Waals surface area contributed by atoms with Gasteiger partial charge in [-0.05, 0) is 25.5 Å². The van der Waals surface area contributed by atoms with Gasteiger partial charge in [0.2, 0.25) is 0 Å². The van der Waals surface area contributed by atoms with Crippen LogP contribution in [0.5, 0.6) is 0 Å². The number of aryl methyl sites for hydroxylation is 1. The van der Waals surface area contributed by atoms with Crippen LogP contribution in [0.4, 0.5) is 5.69 Å². The zero-order valence-corrected chi connectivity index (χ0v) is 12.1. The molecule has 0 amide bonds. The summed E-state index contributed by atoms with van der Waals surface area (Å²) in [6, 6.07) is 10.3. The Morgan fingerprint density at radius 3 is 2.90 bits per heavy atom. The average Bonchev–Trinajstić information content (AvgIpc) is 2.51. The summed E-state index contributed by atoms with van der Waals surface area (Å²) >= 11 is 0. The van der Waals surface area contributed by atoms with Crippen LogP contribution < -0.4 is 15.8 Å². The Morgan fingerprint density at radius 2 is 2.15 bits per heavy atom. The van der Waals surface area contributed by atoms with Gasteiger partial charge in [0.05, 0.1) is 11.2 Å². The number of likely N-dealkylation sites (N-methyl/N-ethyl adjacent to an activating group) is 1. The number of pyridine rings is 1. The van der Waals surface area contributed by atoms with Crippen LogP contribution in [0.3, 0.4) is 0 Å². The molecule has 1 aliphatic heterocycles. The van der Waals surface area contributed by atoms with Crippen LogP contribution in [-0.2, 0) is 7.05 Å². The van der Waals surface area contributed by atoms with E-state index in [4.69, 9.17) is 0 Å². The molecule has 2 heterocycles. The first-order valence-corrected chi connectivity index (χ1v) is 7.21. The minimum atomic E-state index is 0.0503. The highest BCUT2D eigenvalue weighted by Gasteiger charge is 2.20. The van der Waals surface area contributed by atoms with Crippen molar-refractivity contribution in [3.8, 4) is 0 Å². The smallest absolute Gasteiger partial charge is 0.252 e. The molecule has 1 aromatic carbocycles. The molecular formula is C16H21N3O. The van der Waals surface area contributed by atoms with E-state index in [0.717, 1.165) is 29.7 Å². The molecule has 1 aromatic heterocycles. The van der Waals surface area contributed by atoms with Crippen LogP contribution in [0.2, 0.25) is 0 Å². The average molecular weight is 271 g/mol. The van der Waals surface area contributed by atoms with E-state index in [0.29, 0.717) is 6.04 Å². The van der Waals surface area contributed by atoms with Crippen LogP contribution in [0, 0.1) is 0 Å². The lowest BCUT2D eigenvalue weighted by Crippen LogP contribution is -2.44. The Hall–Kier alpha value is -1.81. The first-order chi connectivity index (χ1) is 9.68. The van der Waals surface area contributed by atoms with Crippen molar-refractivity contribution in [1.29, 1.82) is 0 Å². The van der Waals surface area contributed by atoms with Gasteiger partial charge in [-0.2, -0.15) is 0 Å². The van der Waals surface area contributed by atoms with Crippen LogP contribution in [-0.4, -0.2) is 30.7 Å². The van der Waals surface area contributed by atoms with E-state index in [-0.39, 0.29) is 5.56 Å². The number of benzene rings is 1. The second-order valence-electron chi connectivity index (χ2n) is 5.56. The zero-order valence-electron chi connectivity index (χ0n) is 12.1. The van der Waals surface area contributed by atoms with Crippen molar-refractivity contribution in [3.05, 3.63) is 40.7 Å². The van der Waals surface area contributed by atoms with Crippen LogP contribution in [0.25, 0.3) is 10.9 Å². The Balaban J connectivity index is 2.11. The number of piperidine rings is 1. The number of aromatic nitrogens is 1. The number of hydrogen-bond donors (Lipinski definition) is 1. The van der Waals surface area contributed by atoms with Gasteiger partial charge >= 0.3 is 0 Å². The highest BCUT2D eigenvalue weighted by molar-refractivity contribution is 5.91. The van der Waals surface area contributed by atoms with E-state index in [2.05, 4.69) is 23.3 Å². The van der Waals surface area contributed by atoms with E-state index in [1.807, 2.05) is 25.2 Å². The molecule has 1 fully saturated rings. The monoisotopic (exact) mass is 271 g/mol. The highest BCUT2D eigenvalue weighted by atomic mass is 16.1. The first kappa shape index (κ1) is 13.2. The van der Waals surface area contributed by atoms with Gasteiger partial charge < -0.3 is 14.8 Å². The molecule has 0 saturated carbocycles. The molecule has 4 heteroatoms. The second-order valence-corrected chi connectivity index (χ2v) is 5.56. The minimum Gasteiger partial charge on any atom is -0.370 e. The fourth-order valence-electron chi connectivity index (χ4n) is 3.05. The van der Waals surface area contributed by atoms with Crippen molar-refractivity contribution < 1.29 is 0 Å². The summed E-state index contributed by atoms with van der Waals surface area (Å²) in [7, 11) is 3.93. The third-order valence-electron chi connectivity index (χ3n) is 4.33. The molecule has 1 atom stereocenters. The van der Waals surface area contributed by atoms with Gasteiger partial charge in [0, 0.05) is 38.1 Å². The molecule has 1 aliphatic rings. The fourth-order valence-corrected chi connectivity index (χ4v) is 3.05. The minimum absolute atomic E-state index is 0.0503. The van der Waals surface area contributed by atoms with Gasteiger partial charge in [-0.15, -0.1) is 0 Å². The first-order valence-electron chi connectivity index (χ1n) is 7.21. The lowest BCUT2D eigenvalue weighted by molar-refractivity contribution is 0.445. The van der Waals surface area contributed by atoms with Crippen molar-refractivity contribution >= 4 is 16.6 Å². The number of hydrogen-bond acceptors (Lipinski definition) is 3. The largest absolute Gasteiger partial charge is 0.370 e. The molecule has 0 bridgehead atoms. The lowest BCUT2D eigenvalue weighted by atomic mass is 10.0. The molecule has 1 N–H and O–H groups in total. The molecule has 106 valence electrons. The summed E-state index contributed by atoms with van der Waals surface area (Å²) < 4.78 is 1.71. The summed E-state index contributed by atoms with van der Waals surface area (Å²) in [5.74, 6) is 0. The Kier molecular flexibility index (Phi) is 3.49. The SMILES string of the molecule is CN(c1cc(=O)n(C)c2ccccc12)C1CCCNC1. The number of anilines is 1. The summed E-state index contributed by atoms with van der Waals surface area (Å²) in [6.45, 7) is 2.08. The summed E-state index contributed by atoms with van der Waals surface area (Å²) in [6.07, 6.45) is 2.37. The van der Waals surface area contributed by atoms with Crippen LogP contribution >= 0.6 is 0 Å². The van der Waals surface area contributed by atoms with Gasteiger partial charge in [0.25, 0.3) is 5.56 Å². The second kappa shape index (κ2) is 5.29. The lowest BCUT2D eigenvalue weighted by Gasteiger charge is -2.34. The maximum atomic E-state index is 12.2. The van der Waals surface area contributed by atoms with Crippen molar-refractivity contribution in [2.45, 2.75) is 18.9 Å². The van der Waals surface area contributed by atoms with E-state index >= 15 is 0 Å². The number of nitrogens with zero attached hydrogens (tertiary/aromatic N) is 2. The van der Waals surface area contributed by atoms with Gasteiger partial charge in [-0.1, -0.05) is 18.2 Å². The number of fused-ring (bicyclic) bond motifs is 1. The number of rotatable bonds is 2. The zero-order chi connectivity index (χ0) is 14.1. The molecule has 0 spiro atoms. The normalized spacial score (nSPS) is 19.2. The third-order valence-corrected chi connectivity index (χ3v) is 4.33. The van der Waals surface area contributed by atoms with E-state index in [1.54, 1.807) is 10.6 Å². The molecule has 1 unspecified atom stereocenters. The summed E-state index contributed by atoms with van der Waals surface area (Å²) in [4.78, 5) is 14.4. The summed E-state index contributed by atoms with van der Waals surface area (Å²) in [5, 5.41) is 4.58. The topological polar surface area (TPSA) is 37.3 Å². The Bertz CT molecular complexity index is 671. The molecule has 4 nitrogen and oxygen atoms in total. The molecule has 20 heavy (non-hydrogen) atoms. The Labute approximate surface area is 119 Å².